The fraction of sp³-hybridized carbons (Fsp3) is 0.784. The van der Waals surface area contributed by atoms with Gasteiger partial charge in [0.05, 0.1) is 19.5 Å². The van der Waals surface area contributed by atoms with Crippen molar-refractivity contribution in [1.29, 1.82) is 0 Å². The van der Waals surface area contributed by atoms with Crippen molar-refractivity contribution in [2.45, 2.75) is 148 Å². The number of amides is 2. The molecule has 2 aromatic heterocycles. The van der Waals surface area contributed by atoms with Crippen molar-refractivity contribution in [2.75, 3.05) is 37.8 Å². The largest absolute Gasteiger partial charge is 0.481 e. The van der Waals surface area contributed by atoms with Crippen LogP contribution in [-0.4, -0.2) is 123 Å². The van der Waals surface area contributed by atoms with Crippen LogP contribution in [0.3, 0.4) is 0 Å². The molecule has 0 bridgehead atoms. The van der Waals surface area contributed by atoms with E-state index < -0.39 is 97.3 Å². The first-order valence-corrected chi connectivity index (χ1v) is 26.6. The number of aromatic nitrogens is 4. The maximum Gasteiger partial charge on any atom is 0.481 e. The number of ether oxygens (including phenoxy) is 1. The number of thioether (sulfide) groups is 1. The molecule has 10 N–H and O–H groups in total. The number of nitrogen functional groups attached to an aromatic ring is 1. The van der Waals surface area contributed by atoms with E-state index in [0.717, 1.165) is 73.9 Å². The Hall–Kier alpha value is -2.44. The normalized spacial score (nSPS) is 21.7. The number of hydrogen-bond acceptors (Lipinski definition) is 18. The minimum atomic E-state index is -5.59. The highest BCUT2D eigenvalue weighted by Gasteiger charge is 2.50. The lowest BCUT2D eigenvalue weighted by Gasteiger charge is -2.30. The van der Waals surface area contributed by atoms with Crippen molar-refractivity contribution >= 4 is 69.1 Å². The summed E-state index contributed by atoms with van der Waals surface area (Å²) >= 11 is 1.09. The summed E-state index contributed by atoms with van der Waals surface area (Å²) in [6.45, 7) is 2.37. The van der Waals surface area contributed by atoms with Gasteiger partial charge in [0.25, 0.3) is 0 Å². The third-order valence-electron chi connectivity index (χ3n) is 9.73. The van der Waals surface area contributed by atoms with E-state index in [2.05, 4.69) is 34.4 Å². The van der Waals surface area contributed by atoms with Crippen LogP contribution < -0.4 is 16.4 Å². The minimum absolute atomic E-state index is 0.0132. The van der Waals surface area contributed by atoms with E-state index in [0.29, 0.717) is 25.0 Å². The average molecular weight is 1010 g/mol. The third kappa shape index (κ3) is 20.8. The zero-order chi connectivity index (χ0) is 51.8. The van der Waals surface area contributed by atoms with Crippen LogP contribution in [0, 0.1) is 5.41 Å². The number of imidazole rings is 1. The summed E-state index contributed by atoms with van der Waals surface area (Å²) in [5, 5.41) is 26.5. The number of hydrogen-bond donors (Lipinski definition) is 9. The van der Waals surface area contributed by atoms with Gasteiger partial charge in [-0.2, -0.15) is 4.31 Å². The van der Waals surface area contributed by atoms with Gasteiger partial charge in [-0.15, -0.1) is 0 Å². The van der Waals surface area contributed by atoms with Gasteiger partial charge in [-0.25, -0.2) is 28.6 Å². The Morgan fingerprint density at radius 3 is 2.22 bits per heavy atom. The molecule has 2 aromatic rings. The molecule has 2 unspecified atom stereocenters. The van der Waals surface area contributed by atoms with E-state index in [1.54, 1.807) is 0 Å². The predicted molar refractivity (Wildman–Crippen MR) is 237 cm³/mol. The Labute approximate surface area is 388 Å². The number of carbonyl (C=O) groups excluding carboxylic acids is 3. The number of nitrogens with zero attached hydrogens (tertiary/aromatic N) is 4. The first kappa shape index (κ1) is 50.4. The average Bonchev–Trinajstić information content (AvgIpc) is 3.81. The zero-order valence-corrected chi connectivity index (χ0v) is 40.1. The number of fused-ring (bicyclic) bond motifs is 1. The number of rotatable bonds is 33. The lowest BCUT2D eigenvalue weighted by molar-refractivity contribution is -0.137. The van der Waals surface area contributed by atoms with E-state index in [-0.39, 0.29) is 54.4 Å². The van der Waals surface area contributed by atoms with Gasteiger partial charge in [0.2, 0.25) is 11.8 Å². The van der Waals surface area contributed by atoms with E-state index in [9.17, 15) is 57.9 Å². The van der Waals surface area contributed by atoms with Crippen molar-refractivity contribution < 1.29 is 86.0 Å². The lowest BCUT2D eigenvalue weighted by Crippen LogP contribution is -2.46. The number of phosphoric ester groups is 3. The summed E-state index contributed by atoms with van der Waals surface area (Å²) in [4.78, 5) is 88.4. The molecule has 28 heteroatoms. The molecule has 1 saturated heterocycles. The van der Waals surface area contributed by atoms with E-state index >= 15 is 0 Å². The number of aliphatic hydroxyl groups is 2. The lowest BCUT2D eigenvalue weighted by atomic mass is 9.87. The number of nitrogens with two attached hydrogens (primary N) is 1. The van der Waals surface area contributed by atoms with Gasteiger partial charge in [0.15, 0.2) is 22.8 Å². The van der Waals surface area contributed by atoms with Crippen LogP contribution in [-0.2, 0) is 50.7 Å². The Morgan fingerprint density at radius 2 is 1.55 bits per heavy atom. The van der Waals surface area contributed by atoms with Gasteiger partial charge >= 0.3 is 23.5 Å². The summed E-state index contributed by atoms with van der Waals surface area (Å²) in [7, 11) is -16.5. The van der Waals surface area contributed by atoms with Crippen LogP contribution in [0.1, 0.15) is 129 Å². The molecule has 0 aromatic carbocycles. The number of carbonyl (C=O) groups is 3. The minimum Gasteiger partial charge on any atom is -0.386 e. The van der Waals surface area contributed by atoms with Gasteiger partial charge < -0.3 is 50.9 Å². The summed E-state index contributed by atoms with van der Waals surface area (Å²) in [5.41, 5.74) is 4.24. The predicted octanol–water partition coefficient (Wildman–Crippen LogP) is 4.15. The Morgan fingerprint density at radius 1 is 0.923 bits per heavy atom. The second kappa shape index (κ2) is 27.5. The first-order chi connectivity index (χ1) is 32.0. The molecule has 0 saturated carbocycles. The van der Waals surface area contributed by atoms with E-state index in [1.165, 1.54) is 13.8 Å². The molecule has 0 radical (unpaired) electrons. The number of nitrogens with one attached hydrogen (secondary N) is 2. The van der Waals surface area contributed by atoms with Crippen molar-refractivity contribution in [1.82, 2.24) is 30.2 Å². The van der Waals surface area contributed by atoms with Crippen LogP contribution in [0.15, 0.2) is 12.7 Å². The molecule has 3 heterocycles. The van der Waals surface area contributed by atoms with Crippen LogP contribution in [0.25, 0.3) is 11.2 Å². The molecule has 0 spiro atoms. The van der Waals surface area contributed by atoms with E-state index in [1.807, 2.05) is 6.92 Å². The number of unbranched alkanes of at least 4 members (excludes halogenated alkanes) is 7. The molecular formula is C37H66N7O17P3S. The van der Waals surface area contributed by atoms with Crippen LogP contribution in [0.2, 0.25) is 0 Å². The smallest absolute Gasteiger partial charge is 0.386 e. The molecule has 65 heavy (non-hydrogen) atoms. The highest BCUT2D eigenvalue weighted by atomic mass is 32.2. The highest BCUT2D eigenvalue weighted by molar-refractivity contribution is 8.13. The molecule has 2 amide bonds. The van der Waals surface area contributed by atoms with Gasteiger partial charge in [0.1, 0.15) is 36.3 Å². The Balaban J connectivity index is 1.31. The molecule has 1 aliphatic rings. The first-order valence-electron chi connectivity index (χ1n) is 23.1. The number of anilines is 1. The molecule has 372 valence electrons. The van der Waals surface area contributed by atoms with Crippen LogP contribution >= 0.6 is 35.2 Å². The molecule has 7 atom stereocenters. The second-order valence-corrected chi connectivity index (χ2v) is 21.1. The fourth-order valence-electron chi connectivity index (χ4n) is 6.18. The highest BCUT2D eigenvalue weighted by Crippen LogP contribution is 2.61. The summed E-state index contributed by atoms with van der Waals surface area (Å²) in [6.07, 6.45) is -2.58. The van der Waals surface area contributed by atoms with Gasteiger partial charge in [-0.3, -0.25) is 32.5 Å². The summed E-state index contributed by atoms with van der Waals surface area (Å²) in [6, 6.07) is 0. The van der Waals surface area contributed by atoms with Gasteiger partial charge in [-0.1, -0.05) is 109 Å². The third-order valence-corrected chi connectivity index (χ3v) is 13.8. The van der Waals surface area contributed by atoms with Crippen LogP contribution in [0.4, 0.5) is 5.82 Å². The molecule has 3 rings (SSSR count). The monoisotopic (exact) mass is 1010 g/mol. The quantitative estimate of drug-likeness (QED) is 0.0358. The van der Waals surface area contributed by atoms with Crippen molar-refractivity contribution in [3.63, 3.8) is 0 Å². The SMILES string of the molecule is [2H]C([2H])(CCCC)C([2H])([2H])CCCCCCCCCC(=O)SCCNC(=O)CCNC(=O)[C@H](O)C(C)(C)COP(=O)(O)OP(=O)(O)OC[C@H]1O[C@@H](n2cnc3c(N)ncnc32)[C@H](O)[C@@H]1OP(=O)(O)O. The van der Waals surface area contributed by atoms with Crippen molar-refractivity contribution in [3.8, 4) is 0 Å². The summed E-state index contributed by atoms with van der Waals surface area (Å²) < 4.78 is 94.8. The Kier molecular flexibility index (Phi) is 21.4. The Bertz CT molecular complexity index is 2150. The molecule has 24 nitrogen and oxygen atoms in total. The fourth-order valence-corrected chi connectivity index (χ4v) is 9.73. The second-order valence-electron chi connectivity index (χ2n) is 15.7. The van der Waals surface area contributed by atoms with Crippen LogP contribution in [0.5, 0.6) is 0 Å². The van der Waals surface area contributed by atoms with Gasteiger partial charge in [-0.05, 0) is 6.42 Å². The van der Waals surface area contributed by atoms with Gasteiger partial charge in [0, 0.05) is 42.6 Å². The standard InChI is InChI=1S/C37H66N7O17P3S/c1-4-5-6-7-8-9-10-11-12-13-14-15-16-17-28(46)65-21-20-39-27(45)18-19-40-35(49)32(48)37(2,3)23-58-64(55,56)61-63(53,54)57-22-26-31(60-62(50,51)52)30(47)36(59-26)44-25-43-29-33(38)41-24-42-34(29)44/h24-26,30-32,36,47-48H,4-23H2,1-3H3,(H,39,45)(H,40,49)(H,53,54)(H,55,56)(H2,38,41,42)(H2,50,51,52)/t26-,30-,31-,32+,36-/m1/s1/i7D2,8D2. The molecular weight excluding hydrogens is 939 g/mol. The molecule has 1 fully saturated rings. The number of aliphatic hydroxyl groups excluding tert-OH is 2. The van der Waals surface area contributed by atoms with Crippen molar-refractivity contribution in [2.24, 2.45) is 5.41 Å². The van der Waals surface area contributed by atoms with E-state index in [4.69, 9.17) is 25.0 Å². The summed E-state index contributed by atoms with van der Waals surface area (Å²) in [5.74, 6) is -1.16. The maximum atomic E-state index is 12.7. The topological polar surface area (TPSA) is 364 Å². The molecule has 1 aliphatic heterocycles. The zero-order valence-electron chi connectivity index (χ0n) is 40.6. The molecule has 0 aliphatic carbocycles. The number of phosphoric acid groups is 3. The van der Waals surface area contributed by atoms with Crippen molar-refractivity contribution in [3.05, 3.63) is 12.7 Å². The maximum absolute atomic E-state index is 12.7.